The number of H-pyrrole nitrogens is 1. The molecule has 0 aliphatic heterocycles. The molecule has 1 aliphatic carbocycles. The van der Waals surface area contributed by atoms with E-state index in [4.69, 9.17) is 0 Å². The third kappa shape index (κ3) is 4.09. The lowest BCUT2D eigenvalue weighted by atomic mass is 9.97. The number of rotatable bonds is 6. The molecule has 7 nitrogen and oxygen atoms in total. The van der Waals surface area contributed by atoms with E-state index >= 15 is 0 Å². The van der Waals surface area contributed by atoms with Crippen molar-refractivity contribution in [3.8, 4) is 0 Å². The van der Waals surface area contributed by atoms with Crippen molar-refractivity contribution in [2.45, 2.75) is 50.7 Å². The molecule has 1 atom stereocenters. The molecule has 0 saturated heterocycles. The number of nitrogens with zero attached hydrogens (tertiary/aromatic N) is 1. The van der Waals surface area contributed by atoms with Crippen molar-refractivity contribution in [3.63, 3.8) is 0 Å². The van der Waals surface area contributed by atoms with Crippen LogP contribution in [0.2, 0.25) is 0 Å². The smallest absolute Gasteiger partial charge is 0.260 e. The second kappa shape index (κ2) is 8.22. The maximum absolute atomic E-state index is 12.5. The fraction of sp³-hybridized carbons (Fsp3) is 0.529. The zero-order valence-electron chi connectivity index (χ0n) is 14.8. The molecule has 9 heteroatoms. The van der Waals surface area contributed by atoms with Gasteiger partial charge in [-0.25, -0.2) is 4.98 Å². The number of likely N-dealkylation sites (N-methyl/N-ethyl adjacent to an activating group) is 1. The maximum atomic E-state index is 12.5. The van der Waals surface area contributed by atoms with E-state index in [-0.39, 0.29) is 23.1 Å². The zero-order chi connectivity index (χ0) is 18.7. The van der Waals surface area contributed by atoms with E-state index in [9.17, 15) is 14.4 Å². The topological polar surface area (TPSA) is 104 Å². The highest BCUT2D eigenvalue weighted by molar-refractivity contribution is 7.99. The lowest BCUT2D eigenvalue weighted by Crippen LogP contribution is -2.45. The fourth-order valence-electron chi connectivity index (χ4n) is 3.02. The van der Waals surface area contributed by atoms with E-state index in [1.807, 2.05) is 6.92 Å². The first-order valence-corrected chi connectivity index (χ1v) is 10.5. The van der Waals surface area contributed by atoms with Gasteiger partial charge < -0.3 is 15.6 Å². The van der Waals surface area contributed by atoms with Gasteiger partial charge in [-0.2, -0.15) is 0 Å². The highest BCUT2D eigenvalue weighted by Crippen LogP contribution is 2.34. The molecule has 0 radical (unpaired) electrons. The molecule has 26 heavy (non-hydrogen) atoms. The van der Waals surface area contributed by atoms with Crippen molar-refractivity contribution < 1.29 is 9.59 Å². The molecule has 2 aromatic heterocycles. The summed E-state index contributed by atoms with van der Waals surface area (Å²) in [7, 11) is 0. The molecule has 0 saturated carbocycles. The average molecular weight is 395 g/mol. The van der Waals surface area contributed by atoms with Crippen LogP contribution in [0.15, 0.2) is 9.95 Å². The maximum Gasteiger partial charge on any atom is 0.260 e. The number of nitrogens with one attached hydrogen (secondary N) is 3. The van der Waals surface area contributed by atoms with E-state index < -0.39 is 6.04 Å². The summed E-state index contributed by atoms with van der Waals surface area (Å²) in [5.74, 6) is -0.409. The van der Waals surface area contributed by atoms with Crippen molar-refractivity contribution >= 4 is 45.1 Å². The standard InChI is InChI=1S/C17H22N4O3S2/c1-3-18-14(23)9(2)19-12(22)8-25-17-20-15(24)13-10-6-4-5-7-11(10)26-16(13)21-17/h9H,3-8H2,1-2H3,(H,18,23)(H,19,22)(H,20,21,24)/t9-/m1/s1. The molecule has 0 aromatic carbocycles. The Morgan fingerprint density at radius 2 is 2.12 bits per heavy atom. The molecule has 2 amide bonds. The van der Waals surface area contributed by atoms with Crippen LogP contribution in [0.5, 0.6) is 0 Å². The molecular formula is C17H22N4O3S2. The van der Waals surface area contributed by atoms with Gasteiger partial charge in [0.1, 0.15) is 10.9 Å². The molecule has 0 spiro atoms. The van der Waals surface area contributed by atoms with Crippen molar-refractivity contribution in [1.82, 2.24) is 20.6 Å². The summed E-state index contributed by atoms with van der Waals surface area (Å²) in [4.78, 5) is 45.4. The summed E-state index contributed by atoms with van der Waals surface area (Å²) >= 11 is 2.75. The molecule has 0 unspecified atom stereocenters. The largest absolute Gasteiger partial charge is 0.355 e. The number of carbonyl (C=O) groups excluding carboxylic acids is 2. The Hall–Kier alpha value is -1.87. The molecule has 2 heterocycles. The quantitative estimate of drug-likeness (QED) is 0.510. The number of aryl methyl sites for hydroxylation is 2. The van der Waals surface area contributed by atoms with Gasteiger partial charge in [-0.1, -0.05) is 11.8 Å². The van der Waals surface area contributed by atoms with Crippen molar-refractivity contribution in [2.24, 2.45) is 0 Å². The number of hydrogen-bond donors (Lipinski definition) is 3. The lowest BCUT2D eigenvalue weighted by Gasteiger charge is -2.12. The Balaban J connectivity index is 1.67. The van der Waals surface area contributed by atoms with E-state index in [0.717, 1.165) is 36.1 Å². The number of carbonyl (C=O) groups is 2. The minimum atomic E-state index is -0.596. The third-order valence-corrected chi connectivity index (χ3v) is 6.32. The summed E-state index contributed by atoms with van der Waals surface area (Å²) in [6.45, 7) is 3.97. The Labute approximate surface area is 159 Å². The van der Waals surface area contributed by atoms with Crippen LogP contribution in [0, 0.1) is 0 Å². The van der Waals surface area contributed by atoms with Gasteiger partial charge >= 0.3 is 0 Å². The monoisotopic (exact) mass is 394 g/mol. The molecule has 140 valence electrons. The van der Waals surface area contributed by atoms with Crippen LogP contribution < -0.4 is 16.2 Å². The summed E-state index contributed by atoms with van der Waals surface area (Å²) < 4.78 is 0. The molecule has 1 aliphatic rings. The Morgan fingerprint density at radius 1 is 1.35 bits per heavy atom. The lowest BCUT2D eigenvalue weighted by molar-refractivity contribution is -0.127. The predicted octanol–water partition coefficient (Wildman–Crippen LogP) is 1.60. The first-order valence-electron chi connectivity index (χ1n) is 8.74. The van der Waals surface area contributed by atoms with Gasteiger partial charge in [0.15, 0.2) is 5.16 Å². The van der Waals surface area contributed by atoms with Gasteiger partial charge in [0, 0.05) is 11.4 Å². The van der Waals surface area contributed by atoms with Gasteiger partial charge in [-0.15, -0.1) is 11.3 Å². The van der Waals surface area contributed by atoms with E-state index in [1.54, 1.807) is 18.3 Å². The summed E-state index contributed by atoms with van der Waals surface area (Å²) in [5, 5.41) is 6.44. The Kier molecular flexibility index (Phi) is 5.98. The van der Waals surface area contributed by atoms with Crippen LogP contribution in [0.4, 0.5) is 0 Å². The van der Waals surface area contributed by atoms with Crippen molar-refractivity contribution in [2.75, 3.05) is 12.3 Å². The van der Waals surface area contributed by atoms with E-state index in [2.05, 4.69) is 20.6 Å². The first-order chi connectivity index (χ1) is 12.5. The average Bonchev–Trinajstić information content (AvgIpc) is 2.99. The van der Waals surface area contributed by atoms with Crippen LogP contribution >= 0.6 is 23.1 Å². The zero-order valence-corrected chi connectivity index (χ0v) is 16.4. The van der Waals surface area contributed by atoms with Crippen LogP contribution in [-0.4, -0.2) is 40.1 Å². The van der Waals surface area contributed by atoms with Gasteiger partial charge in [-0.05, 0) is 45.1 Å². The summed E-state index contributed by atoms with van der Waals surface area (Å²) in [5.41, 5.74) is 1.02. The highest BCUT2D eigenvalue weighted by atomic mass is 32.2. The second-order valence-corrected chi connectivity index (χ2v) is 8.28. The fourth-order valence-corrected chi connectivity index (χ4v) is 5.01. The van der Waals surface area contributed by atoms with E-state index in [1.165, 1.54) is 16.6 Å². The van der Waals surface area contributed by atoms with Crippen LogP contribution in [0.25, 0.3) is 10.2 Å². The molecular weight excluding hydrogens is 372 g/mol. The van der Waals surface area contributed by atoms with Crippen LogP contribution in [0.3, 0.4) is 0 Å². The van der Waals surface area contributed by atoms with E-state index in [0.29, 0.717) is 17.1 Å². The predicted molar refractivity (Wildman–Crippen MR) is 104 cm³/mol. The minimum Gasteiger partial charge on any atom is -0.355 e. The van der Waals surface area contributed by atoms with Gasteiger partial charge in [-0.3, -0.25) is 14.4 Å². The number of thioether (sulfide) groups is 1. The number of amides is 2. The molecule has 0 fully saturated rings. The minimum absolute atomic E-state index is 0.0866. The van der Waals surface area contributed by atoms with Crippen molar-refractivity contribution in [3.05, 3.63) is 20.8 Å². The second-order valence-electron chi connectivity index (χ2n) is 6.23. The molecule has 0 bridgehead atoms. The highest BCUT2D eigenvalue weighted by Gasteiger charge is 2.20. The van der Waals surface area contributed by atoms with Gasteiger partial charge in [0.2, 0.25) is 11.8 Å². The molecule has 3 rings (SSSR count). The van der Waals surface area contributed by atoms with Crippen LogP contribution in [-0.2, 0) is 22.4 Å². The van der Waals surface area contributed by atoms with Crippen molar-refractivity contribution in [1.29, 1.82) is 0 Å². The number of aromatic nitrogens is 2. The molecule has 2 aromatic rings. The number of aromatic amines is 1. The van der Waals surface area contributed by atoms with Gasteiger partial charge in [0.05, 0.1) is 11.1 Å². The Morgan fingerprint density at radius 3 is 2.88 bits per heavy atom. The normalized spacial score (nSPS) is 14.7. The number of fused-ring (bicyclic) bond motifs is 3. The SMILES string of the molecule is CCNC(=O)[C@@H](C)NC(=O)CSc1nc2sc3c(c2c(=O)[nH]1)CCCC3. The number of thiophene rings is 1. The first kappa shape index (κ1) is 18.9. The third-order valence-electron chi connectivity index (χ3n) is 4.27. The summed E-state index contributed by atoms with van der Waals surface area (Å²) in [6, 6.07) is -0.596. The number of hydrogen-bond acceptors (Lipinski definition) is 6. The van der Waals surface area contributed by atoms with Crippen LogP contribution in [0.1, 0.15) is 37.1 Å². The summed E-state index contributed by atoms with van der Waals surface area (Å²) in [6.07, 6.45) is 4.22. The Bertz CT molecular complexity index is 890. The molecule has 3 N–H and O–H groups in total. The van der Waals surface area contributed by atoms with Gasteiger partial charge in [0.25, 0.3) is 5.56 Å².